The summed E-state index contributed by atoms with van der Waals surface area (Å²) in [6.45, 7) is 1.86. The molecule has 4 aromatic carbocycles. The number of amides is 1. The second-order valence-electron chi connectivity index (χ2n) is 6.24. The predicted octanol–water partition coefficient (Wildman–Crippen LogP) is 4.18. The molecule has 0 unspecified atom stereocenters. The first-order chi connectivity index (χ1) is 11.6. The lowest BCUT2D eigenvalue weighted by molar-refractivity contribution is -0.127. The normalized spacial score (nSPS) is 11.4. The van der Waals surface area contributed by atoms with Crippen LogP contribution in [0.1, 0.15) is 18.9 Å². The van der Waals surface area contributed by atoms with Crippen LogP contribution in [-0.2, 0) is 16.1 Å². The van der Waals surface area contributed by atoms with Crippen molar-refractivity contribution in [3.05, 3.63) is 60.2 Å². The smallest absolute Gasteiger partial charge is 0.227 e. The Hall–Kier alpha value is -2.94. The van der Waals surface area contributed by atoms with E-state index in [1.165, 1.54) is 33.9 Å². The summed E-state index contributed by atoms with van der Waals surface area (Å²) in [4.78, 5) is 22.8. The maximum absolute atomic E-state index is 11.8. The number of Topliss-reactive ketones (excluding diaryl/α,β-unsaturated/α-hetero) is 1. The molecule has 24 heavy (non-hydrogen) atoms. The van der Waals surface area contributed by atoms with Crippen molar-refractivity contribution in [3.63, 3.8) is 0 Å². The molecule has 3 nitrogen and oxygen atoms in total. The molecule has 4 aromatic rings. The molecule has 0 aliphatic carbocycles. The molecule has 0 atom stereocenters. The molecule has 0 aliphatic rings. The van der Waals surface area contributed by atoms with Gasteiger partial charge >= 0.3 is 0 Å². The third-order valence-electron chi connectivity index (χ3n) is 4.50. The molecule has 0 radical (unpaired) electrons. The van der Waals surface area contributed by atoms with Crippen molar-refractivity contribution in [1.29, 1.82) is 0 Å². The van der Waals surface area contributed by atoms with E-state index in [0.717, 1.165) is 10.9 Å². The van der Waals surface area contributed by atoms with Gasteiger partial charge in [-0.25, -0.2) is 0 Å². The van der Waals surface area contributed by atoms with Crippen LogP contribution < -0.4 is 5.32 Å². The van der Waals surface area contributed by atoms with Crippen LogP contribution in [0, 0.1) is 0 Å². The summed E-state index contributed by atoms with van der Waals surface area (Å²) in [5.41, 5.74) is 1.07. The molecule has 0 fully saturated rings. The third kappa shape index (κ3) is 2.38. The molecule has 0 aliphatic heterocycles. The van der Waals surface area contributed by atoms with Gasteiger partial charge in [0, 0.05) is 6.54 Å². The predicted molar refractivity (Wildman–Crippen MR) is 97.3 cm³/mol. The standard InChI is InChI=1S/C21H17NO2/c1-13(23)11-19(24)22-12-17-8-7-16-6-5-14-3-2-4-15-9-10-18(17)21(16)20(14)15/h2-10H,11-12H2,1H3,(H,22,24). The van der Waals surface area contributed by atoms with Gasteiger partial charge < -0.3 is 5.32 Å². The SMILES string of the molecule is CC(=O)CC(=O)NCc1ccc2ccc3cccc4ccc1c2c34. The fourth-order valence-corrected chi connectivity index (χ4v) is 3.43. The van der Waals surface area contributed by atoms with Gasteiger partial charge in [0.05, 0.1) is 6.42 Å². The Kier molecular flexibility index (Phi) is 3.42. The fourth-order valence-electron chi connectivity index (χ4n) is 3.43. The van der Waals surface area contributed by atoms with Crippen LogP contribution in [0.5, 0.6) is 0 Å². The fraction of sp³-hybridized carbons (Fsp3) is 0.143. The Bertz CT molecular complexity index is 1070. The first-order valence-electron chi connectivity index (χ1n) is 8.05. The van der Waals surface area contributed by atoms with E-state index in [2.05, 4.69) is 59.9 Å². The van der Waals surface area contributed by atoms with E-state index in [9.17, 15) is 9.59 Å². The lowest BCUT2D eigenvalue weighted by Crippen LogP contribution is -2.24. The maximum Gasteiger partial charge on any atom is 0.227 e. The van der Waals surface area contributed by atoms with E-state index in [1.54, 1.807) is 0 Å². The molecule has 0 heterocycles. The molecule has 0 aromatic heterocycles. The second kappa shape index (κ2) is 5.60. The van der Waals surface area contributed by atoms with E-state index in [0.29, 0.717) is 6.54 Å². The highest BCUT2D eigenvalue weighted by atomic mass is 16.2. The summed E-state index contributed by atoms with van der Waals surface area (Å²) in [7, 11) is 0. The van der Waals surface area contributed by atoms with Gasteiger partial charge in [-0.15, -0.1) is 0 Å². The van der Waals surface area contributed by atoms with Crippen LogP contribution in [0.25, 0.3) is 32.3 Å². The molecular weight excluding hydrogens is 298 g/mol. The van der Waals surface area contributed by atoms with Crippen LogP contribution in [0.15, 0.2) is 54.6 Å². The van der Waals surface area contributed by atoms with Gasteiger partial charge in [0.1, 0.15) is 5.78 Å². The lowest BCUT2D eigenvalue weighted by Gasteiger charge is -2.14. The van der Waals surface area contributed by atoms with Crippen LogP contribution in [0.3, 0.4) is 0 Å². The molecule has 118 valence electrons. The number of carbonyl (C=O) groups is 2. The average molecular weight is 315 g/mol. The number of ketones is 1. The molecular formula is C21H17NO2. The lowest BCUT2D eigenvalue weighted by atomic mass is 9.92. The van der Waals surface area contributed by atoms with Crippen LogP contribution in [0.4, 0.5) is 0 Å². The number of hydrogen-bond donors (Lipinski definition) is 1. The number of carbonyl (C=O) groups excluding carboxylic acids is 2. The third-order valence-corrected chi connectivity index (χ3v) is 4.50. The Morgan fingerprint density at radius 3 is 2.17 bits per heavy atom. The van der Waals surface area contributed by atoms with E-state index < -0.39 is 0 Å². The van der Waals surface area contributed by atoms with Crippen molar-refractivity contribution in [2.45, 2.75) is 19.9 Å². The van der Waals surface area contributed by atoms with Crippen molar-refractivity contribution >= 4 is 44.0 Å². The molecule has 4 rings (SSSR count). The highest BCUT2D eigenvalue weighted by molar-refractivity contribution is 6.23. The second-order valence-corrected chi connectivity index (χ2v) is 6.24. The average Bonchev–Trinajstić information content (AvgIpc) is 2.58. The van der Waals surface area contributed by atoms with Crippen LogP contribution in [-0.4, -0.2) is 11.7 Å². The van der Waals surface area contributed by atoms with Gasteiger partial charge in [0.15, 0.2) is 0 Å². The summed E-state index contributed by atoms with van der Waals surface area (Å²) < 4.78 is 0. The van der Waals surface area contributed by atoms with E-state index in [4.69, 9.17) is 0 Å². The molecule has 0 bridgehead atoms. The number of nitrogens with one attached hydrogen (secondary N) is 1. The number of rotatable bonds is 4. The highest BCUT2D eigenvalue weighted by Gasteiger charge is 2.11. The topological polar surface area (TPSA) is 46.2 Å². The quantitative estimate of drug-likeness (QED) is 0.453. The van der Waals surface area contributed by atoms with Gasteiger partial charge in [-0.1, -0.05) is 54.6 Å². The monoisotopic (exact) mass is 315 g/mol. The first kappa shape index (κ1) is 14.6. The van der Waals surface area contributed by atoms with Crippen LogP contribution in [0.2, 0.25) is 0 Å². The van der Waals surface area contributed by atoms with Gasteiger partial charge in [-0.3, -0.25) is 9.59 Å². The minimum Gasteiger partial charge on any atom is -0.352 e. The van der Waals surface area contributed by atoms with Crippen molar-refractivity contribution < 1.29 is 9.59 Å². The zero-order valence-electron chi connectivity index (χ0n) is 13.4. The van der Waals surface area contributed by atoms with E-state index in [-0.39, 0.29) is 18.1 Å². The minimum absolute atomic E-state index is 0.0637. The van der Waals surface area contributed by atoms with Gasteiger partial charge in [-0.2, -0.15) is 0 Å². The summed E-state index contributed by atoms with van der Waals surface area (Å²) in [6, 6.07) is 19.0. The molecule has 0 saturated heterocycles. The van der Waals surface area contributed by atoms with E-state index in [1.807, 2.05) is 0 Å². The van der Waals surface area contributed by atoms with Gasteiger partial charge in [-0.05, 0) is 44.8 Å². The zero-order valence-corrected chi connectivity index (χ0v) is 13.4. The van der Waals surface area contributed by atoms with Gasteiger partial charge in [0.25, 0.3) is 0 Å². The van der Waals surface area contributed by atoms with Crippen molar-refractivity contribution in [2.75, 3.05) is 0 Å². The van der Waals surface area contributed by atoms with E-state index >= 15 is 0 Å². The Morgan fingerprint density at radius 2 is 1.46 bits per heavy atom. The minimum atomic E-state index is -0.229. The molecule has 3 heteroatoms. The molecule has 0 spiro atoms. The van der Waals surface area contributed by atoms with Crippen molar-refractivity contribution in [1.82, 2.24) is 5.32 Å². The number of benzene rings is 4. The largest absolute Gasteiger partial charge is 0.352 e. The Morgan fingerprint density at radius 1 is 0.833 bits per heavy atom. The molecule has 1 N–H and O–H groups in total. The van der Waals surface area contributed by atoms with Crippen molar-refractivity contribution in [3.8, 4) is 0 Å². The molecule has 0 saturated carbocycles. The molecule has 1 amide bonds. The Balaban J connectivity index is 1.82. The summed E-state index contributed by atoms with van der Waals surface area (Å²) in [5.74, 6) is -0.351. The maximum atomic E-state index is 11.8. The highest BCUT2D eigenvalue weighted by Crippen LogP contribution is 2.35. The van der Waals surface area contributed by atoms with Gasteiger partial charge in [0.2, 0.25) is 5.91 Å². The number of hydrogen-bond acceptors (Lipinski definition) is 2. The summed E-state index contributed by atoms with van der Waals surface area (Å²) in [6.07, 6.45) is -0.0637. The van der Waals surface area contributed by atoms with Crippen LogP contribution >= 0.6 is 0 Å². The summed E-state index contributed by atoms with van der Waals surface area (Å²) in [5, 5.41) is 10.2. The zero-order chi connectivity index (χ0) is 16.7. The first-order valence-corrected chi connectivity index (χ1v) is 8.05. The summed E-state index contributed by atoms with van der Waals surface area (Å²) >= 11 is 0. The Labute approximate surface area is 139 Å². The van der Waals surface area contributed by atoms with Crippen molar-refractivity contribution in [2.24, 2.45) is 0 Å².